The maximum Gasteiger partial charge on any atom is 0.262 e. The standard InChI is InChI=1S/C14H17N3O3/c1-3-17-9-13(8-15-17)20-10-14(18)16-11-4-6-12(19-2)7-5-11/h4-9H,3,10H2,1-2H3,(H,16,18). The fourth-order valence-electron chi connectivity index (χ4n) is 1.61. The summed E-state index contributed by atoms with van der Waals surface area (Å²) in [6.07, 6.45) is 3.34. The number of benzene rings is 1. The fourth-order valence-corrected chi connectivity index (χ4v) is 1.61. The number of hydrogen-bond donors (Lipinski definition) is 1. The Morgan fingerprint density at radius 2 is 2.05 bits per heavy atom. The molecule has 0 aliphatic rings. The van der Waals surface area contributed by atoms with Gasteiger partial charge in [-0.2, -0.15) is 5.10 Å². The topological polar surface area (TPSA) is 65.4 Å². The van der Waals surface area contributed by atoms with Crippen molar-refractivity contribution < 1.29 is 14.3 Å². The van der Waals surface area contributed by atoms with Gasteiger partial charge in [0.1, 0.15) is 5.75 Å². The van der Waals surface area contributed by atoms with Gasteiger partial charge in [-0.1, -0.05) is 0 Å². The van der Waals surface area contributed by atoms with Crippen LogP contribution in [-0.2, 0) is 11.3 Å². The van der Waals surface area contributed by atoms with E-state index in [1.165, 1.54) is 0 Å². The van der Waals surface area contributed by atoms with Crippen LogP contribution in [0.2, 0.25) is 0 Å². The number of aryl methyl sites for hydroxylation is 1. The minimum absolute atomic E-state index is 0.0541. The molecule has 2 aromatic rings. The highest BCUT2D eigenvalue weighted by molar-refractivity contribution is 5.91. The summed E-state index contributed by atoms with van der Waals surface area (Å²) >= 11 is 0. The second kappa shape index (κ2) is 6.60. The molecule has 2 rings (SSSR count). The molecular weight excluding hydrogens is 258 g/mol. The molecule has 0 saturated carbocycles. The van der Waals surface area contributed by atoms with Gasteiger partial charge in [-0.05, 0) is 31.2 Å². The second-order valence-corrected chi connectivity index (χ2v) is 4.10. The van der Waals surface area contributed by atoms with Crippen molar-refractivity contribution in [2.45, 2.75) is 13.5 Å². The Kier molecular flexibility index (Phi) is 4.60. The summed E-state index contributed by atoms with van der Waals surface area (Å²) in [6.45, 7) is 2.69. The van der Waals surface area contributed by atoms with E-state index >= 15 is 0 Å². The SMILES string of the molecule is CCn1cc(OCC(=O)Nc2ccc(OC)cc2)cn1. The van der Waals surface area contributed by atoms with E-state index in [1.807, 2.05) is 6.92 Å². The van der Waals surface area contributed by atoms with Crippen molar-refractivity contribution >= 4 is 11.6 Å². The summed E-state index contributed by atoms with van der Waals surface area (Å²) in [4.78, 5) is 11.7. The van der Waals surface area contributed by atoms with Gasteiger partial charge >= 0.3 is 0 Å². The van der Waals surface area contributed by atoms with Gasteiger partial charge in [-0.15, -0.1) is 0 Å². The molecule has 106 valence electrons. The third-order valence-electron chi connectivity index (χ3n) is 2.68. The number of aromatic nitrogens is 2. The Labute approximate surface area is 117 Å². The largest absolute Gasteiger partial charge is 0.497 e. The minimum Gasteiger partial charge on any atom is -0.497 e. The highest BCUT2D eigenvalue weighted by atomic mass is 16.5. The van der Waals surface area contributed by atoms with E-state index in [0.717, 1.165) is 12.3 Å². The number of nitrogens with zero attached hydrogens (tertiary/aromatic N) is 2. The zero-order valence-corrected chi connectivity index (χ0v) is 11.5. The Hall–Kier alpha value is -2.50. The average Bonchev–Trinajstić information content (AvgIpc) is 2.94. The maximum atomic E-state index is 11.7. The summed E-state index contributed by atoms with van der Waals surface area (Å²) in [5, 5.41) is 6.80. The van der Waals surface area contributed by atoms with Crippen LogP contribution in [0.4, 0.5) is 5.69 Å². The summed E-state index contributed by atoms with van der Waals surface area (Å²) < 4.78 is 12.1. The van der Waals surface area contributed by atoms with Crippen molar-refractivity contribution in [3.8, 4) is 11.5 Å². The van der Waals surface area contributed by atoms with Gasteiger partial charge in [0.2, 0.25) is 0 Å². The molecule has 0 radical (unpaired) electrons. The number of amides is 1. The van der Waals surface area contributed by atoms with Crippen molar-refractivity contribution in [3.05, 3.63) is 36.7 Å². The first kappa shape index (κ1) is 13.9. The first-order valence-electron chi connectivity index (χ1n) is 6.30. The molecule has 20 heavy (non-hydrogen) atoms. The monoisotopic (exact) mass is 275 g/mol. The van der Waals surface area contributed by atoms with E-state index in [2.05, 4.69) is 10.4 Å². The molecule has 0 unspecified atom stereocenters. The molecule has 1 amide bonds. The smallest absolute Gasteiger partial charge is 0.262 e. The predicted molar refractivity (Wildman–Crippen MR) is 75.0 cm³/mol. The first-order valence-corrected chi connectivity index (χ1v) is 6.30. The molecule has 0 bridgehead atoms. The van der Waals surface area contributed by atoms with Crippen LogP contribution in [0.25, 0.3) is 0 Å². The minimum atomic E-state index is -0.223. The number of carbonyl (C=O) groups excluding carboxylic acids is 1. The molecule has 0 saturated heterocycles. The van der Waals surface area contributed by atoms with Crippen LogP contribution in [0.15, 0.2) is 36.7 Å². The average molecular weight is 275 g/mol. The summed E-state index contributed by atoms with van der Waals surface area (Å²) in [7, 11) is 1.60. The molecule has 0 aliphatic carbocycles. The lowest BCUT2D eigenvalue weighted by Crippen LogP contribution is -2.19. The van der Waals surface area contributed by atoms with Crippen LogP contribution in [0.3, 0.4) is 0 Å². The van der Waals surface area contributed by atoms with Crippen LogP contribution in [-0.4, -0.2) is 29.4 Å². The molecule has 0 atom stereocenters. The van der Waals surface area contributed by atoms with Crippen LogP contribution < -0.4 is 14.8 Å². The number of methoxy groups -OCH3 is 1. The van der Waals surface area contributed by atoms with E-state index in [9.17, 15) is 4.79 Å². The third kappa shape index (κ3) is 3.74. The number of carbonyl (C=O) groups is 1. The van der Waals surface area contributed by atoms with Crippen LogP contribution in [0, 0.1) is 0 Å². The van der Waals surface area contributed by atoms with Gasteiger partial charge in [0.15, 0.2) is 12.4 Å². The van der Waals surface area contributed by atoms with Gasteiger partial charge in [0.05, 0.1) is 19.5 Å². The molecule has 1 heterocycles. The lowest BCUT2D eigenvalue weighted by atomic mass is 10.3. The van der Waals surface area contributed by atoms with Crippen molar-refractivity contribution in [2.75, 3.05) is 19.0 Å². The van der Waals surface area contributed by atoms with E-state index < -0.39 is 0 Å². The number of hydrogen-bond acceptors (Lipinski definition) is 4. The molecule has 0 spiro atoms. The van der Waals surface area contributed by atoms with Gasteiger partial charge < -0.3 is 14.8 Å². The van der Waals surface area contributed by atoms with Crippen molar-refractivity contribution in [3.63, 3.8) is 0 Å². The Morgan fingerprint density at radius 3 is 2.65 bits per heavy atom. The number of anilines is 1. The van der Waals surface area contributed by atoms with Gasteiger partial charge in [0.25, 0.3) is 5.91 Å². The van der Waals surface area contributed by atoms with Gasteiger partial charge in [-0.3, -0.25) is 9.48 Å². The zero-order valence-electron chi connectivity index (χ0n) is 11.5. The molecule has 0 aliphatic heterocycles. The predicted octanol–water partition coefficient (Wildman–Crippen LogP) is 1.93. The molecular formula is C14H17N3O3. The number of nitrogens with one attached hydrogen (secondary N) is 1. The highest BCUT2D eigenvalue weighted by Crippen LogP contribution is 2.15. The first-order chi connectivity index (χ1) is 9.71. The lowest BCUT2D eigenvalue weighted by molar-refractivity contribution is -0.118. The van der Waals surface area contributed by atoms with Crippen LogP contribution in [0.5, 0.6) is 11.5 Å². The van der Waals surface area contributed by atoms with Gasteiger partial charge in [0, 0.05) is 12.2 Å². The van der Waals surface area contributed by atoms with E-state index in [1.54, 1.807) is 48.5 Å². The van der Waals surface area contributed by atoms with Gasteiger partial charge in [-0.25, -0.2) is 0 Å². The van der Waals surface area contributed by atoms with E-state index in [4.69, 9.17) is 9.47 Å². The second-order valence-electron chi connectivity index (χ2n) is 4.10. The maximum absolute atomic E-state index is 11.7. The lowest BCUT2D eigenvalue weighted by Gasteiger charge is -2.06. The third-order valence-corrected chi connectivity index (χ3v) is 2.68. The van der Waals surface area contributed by atoms with Crippen LogP contribution in [0.1, 0.15) is 6.92 Å². The van der Waals surface area contributed by atoms with Crippen LogP contribution >= 0.6 is 0 Å². The molecule has 6 nitrogen and oxygen atoms in total. The highest BCUT2D eigenvalue weighted by Gasteiger charge is 2.05. The number of rotatable bonds is 6. The van der Waals surface area contributed by atoms with Crippen molar-refractivity contribution in [1.29, 1.82) is 0 Å². The molecule has 1 aromatic carbocycles. The fraction of sp³-hybridized carbons (Fsp3) is 0.286. The Balaban J connectivity index is 1.82. The Morgan fingerprint density at radius 1 is 1.30 bits per heavy atom. The van der Waals surface area contributed by atoms with Crippen molar-refractivity contribution in [1.82, 2.24) is 9.78 Å². The number of ether oxygens (including phenoxy) is 2. The quantitative estimate of drug-likeness (QED) is 0.874. The van der Waals surface area contributed by atoms with E-state index in [0.29, 0.717) is 11.4 Å². The molecule has 1 N–H and O–H groups in total. The molecule has 1 aromatic heterocycles. The van der Waals surface area contributed by atoms with Crippen molar-refractivity contribution in [2.24, 2.45) is 0 Å². The Bertz CT molecular complexity index is 563. The zero-order chi connectivity index (χ0) is 14.4. The molecule has 0 fully saturated rings. The summed E-state index contributed by atoms with van der Waals surface area (Å²) in [5.41, 5.74) is 0.698. The molecule has 6 heteroatoms. The normalized spacial score (nSPS) is 10.1. The summed E-state index contributed by atoms with van der Waals surface area (Å²) in [5.74, 6) is 1.10. The van der Waals surface area contributed by atoms with E-state index in [-0.39, 0.29) is 12.5 Å². The summed E-state index contributed by atoms with van der Waals surface area (Å²) in [6, 6.07) is 7.10.